The minimum atomic E-state index is -0.351. The number of rotatable bonds is 6. The average molecular weight is 197 g/mol. The normalized spacial score (nSPS) is 15.6. The molecular weight excluding hydrogens is 174 g/mol. The van der Waals surface area contributed by atoms with E-state index in [0.717, 1.165) is 19.5 Å². The van der Waals surface area contributed by atoms with Crippen molar-refractivity contribution >= 4 is 0 Å². The van der Waals surface area contributed by atoms with Crippen molar-refractivity contribution in [2.75, 3.05) is 27.2 Å². The molecule has 0 bridgehead atoms. The molecule has 1 atom stereocenters. The van der Waals surface area contributed by atoms with Gasteiger partial charge in [0.15, 0.2) is 0 Å². The molecular formula is C11H23N3. The highest BCUT2D eigenvalue weighted by Crippen LogP contribution is 2.19. The largest absolute Gasteiger partial charge is 0.308 e. The van der Waals surface area contributed by atoms with Crippen molar-refractivity contribution in [3.05, 3.63) is 0 Å². The van der Waals surface area contributed by atoms with Crippen LogP contribution < -0.4 is 5.32 Å². The monoisotopic (exact) mass is 197 g/mol. The average Bonchev–Trinajstić information content (AvgIpc) is 2.12. The molecule has 0 saturated carbocycles. The minimum absolute atomic E-state index is 0.347. The third-order valence-electron chi connectivity index (χ3n) is 2.74. The van der Waals surface area contributed by atoms with Gasteiger partial charge < -0.3 is 4.90 Å². The van der Waals surface area contributed by atoms with Gasteiger partial charge in [0.1, 0.15) is 5.54 Å². The molecule has 0 aromatic carbocycles. The molecule has 14 heavy (non-hydrogen) atoms. The SMILES string of the molecule is CCC(C#N)(NCCN(C)C)C(C)C. The van der Waals surface area contributed by atoms with Gasteiger partial charge in [0, 0.05) is 13.1 Å². The first-order valence-corrected chi connectivity index (χ1v) is 5.29. The van der Waals surface area contributed by atoms with Crippen molar-refractivity contribution in [2.45, 2.75) is 32.7 Å². The van der Waals surface area contributed by atoms with Crippen molar-refractivity contribution < 1.29 is 0 Å². The Morgan fingerprint density at radius 3 is 2.29 bits per heavy atom. The Kier molecular flexibility index (Phi) is 5.75. The van der Waals surface area contributed by atoms with Gasteiger partial charge >= 0.3 is 0 Å². The molecule has 82 valence electrons. The van der Waals surface area contributed by atoms with Gasteiger partial charge in [0.2, 0.25) is 0 Å². The highest BCUT2D eigenvalue weighted by Gasteiger charge is 2.30. The van der Waals surface area contributed by atoms with Gasteiger partial charge in [-0.1, -0.05) is 20.8 Å². The van der Waals surface area contributed by atoms with Crippen LogP contribution in [0.15, 0.2) is 0 Å². The Balaban J connectivity index is 4.18. The van der Waals surface area contributed by atoms with Crippen LogP contribution in [0, 0.1) is 17.2 Å². The molecule has 0 radical (unpaired) electrons. The Labute approximate surface area is 88.1 Å². The molecule has 0 amide bonds. The van der Waals surface area contributed by atoms with Gasteiger partial charge in [-0.25, -0.2) is 0 Å². The molecule has 0 aliphatic rings. The second-order valence-corrected chi connectivity index (χ2v) is 4.32. The van der Waals surface area contributed by atoms with Gasteiger partial charge in [-0.3, -0.25) is 5.32 Å². The molecule has 0 aromatic rings. The zero-order chi connectivity index (χ0) is 11.2. The van der Waals surface area contributed by atoms with E-state index >= 15 is 0 Å². The quantitative estimate of drug-likeness (QED) is 0.701. The highest BCUT2D eigenvalue weighted by atomic mass is 15.1. The van der Waals surface area contributed by atoms with Crippen molar-refractivity contribution in [3.8, 4) is 6.07 Å². The summed E-state index contributed by atoms with van der Waals surface area (Å²) < 4.78 is 0. The smallest absolute Gasteiger partial charge is 0.108 e. The summed E-state index contributed by atoms with van der Waals surface area (Å²) >= 11 is 0. The number of nitriles is 1. The van der Waals surface area contributed by atoms with Crippen LogP contribution in [0.1, 0.15) is 27.2 Å². The lowest BCUT2D eigenvalue weighted by molar-refractivity contribution is 0.282. The van der Waals surface area contributed by atoms with Crippen LogP contribution in [0.5, 0.6) is 0 Å². The predicted octanol–water partition coefficient (Wildman–Crippen LogP) is 1.47. The molecule has 3 nitrogen and oxygen atoms in total. The van der Waals surface area contributed by atoms with Crippen LogP contribution in [-0.2, 0) is 0 Å². The van der Waals surface area contributed by atoms with Crippen molar-refractivity contribution in [1.82, 2.24) is 10.2 Å². The zero-order valence-corrected chi connectivity index (χ0v) is 10.1. The molecule has 0 spiro atoms. The van der Waals surface area contributed by atoms with E-state index in [1.807, 2.05) is 14.1 Å². The summed E-state index contributed by atoms with van der Waals surface area (Å²) in [5, 5.41) is 12.5. The molecule has 1 N–H and O–H groups in total. The van der Waals surface area contributed by atoms with Crippen molar-refractivity contribution in [2.24, 2.45) is 5.92 Å². The summed E-state index contributed by atoms with van der Waals surface area (Å²) in [5.74, 6) is 0.347. The van der Waals surface area contributed by atoms with Gasteiger partial charge in [0.25, 0.3) is 0 Å². The molecule has 0 saturated heterocycles. The van der Waals surface area contributed by atoms with Crippen LogP contribution in [0.3, 0.4) is 0 Å². The molecule has 0 rings (SSSR count). The van der Waals surface area contributed by atoms with E-state index in [-0.39, 0.29) is 5.54 Å². The summed E-state index contributed by atoms with van der Waals surface area (Å²) in [4.78, 5) is 2.12. The van der Waals surface area contributed by atoms with E-state index in [2.05, 4.69) is 37.1 Å². The topological polar surface area (TPSA) is 39.1 Å². The van der Waals surface area contributed by atoms with E-state index < -0.39 is 0 Å². The molecule has 0 fully saturated rings. The van der Waals surface area contributed by atoms with Crippen LogP contribution in [0.25, 0.3) is 0 Å². The zero-order valence-electron chi connectivity index (χ0n) is 10.1. The first-order chi connectivity index (χ1) is 6.48. The molecule has 0 aromatic heterocycles. The maximum atomic E-state index is 9.19. The van der Waals surface area contributed by atoms with E-state index in [0.29, 0.717) is 5.92 Å². The number of hydrogen-bond acceptors (Lipinski definition) is 3. The van der Waals surface area contributed by atoms with Gasteiger partial charge in [0.05, 0.1) is 6.07 Å². The molecule has 0 heterocycles. The lowest BCUT2D eigenvalue weighted by atomic mass is 9.85. The Bertz CT molecular complexity index is 193. The fraction of sp³-hybridized carbons (Fsp3) is 0.909. The van der Waals surface area contributed by atoms with E-state index in [1.165, 1.54) is 0 Å². The highest BCUT2D eigenvalue weighted by molar-refractivity contribution is 5.08. The molecule has 0 aliphatic heterocycles. The van der Waals surface area contributed by atoms with E-state index in [9.17, 15) is 5.26 Å². The summed E-state index contributed by atoms with van der Waals surface area (Å²) in [7, 11) is 4.08. The van der Waals surface area contributed by atoms with Crippen LogP contribution in [0.2, 0.25) is 0 Å². The fourth-order valence-electron chi connectivity index (χ4n) is 1.49. The fourth-order valence-corrected chi connectivity index (χ4v) is 1.49. The number of hydrogen-bond donors (Lipinski definition) is 1. The maximum absolute atomic E-state index is 9.19. The van der Waals surface area contributed by atoms with E-state index in [1.54, 1.807) is 0 Å². The third kappa shape index (κ3) is 3.65. The molecule has 3 heteroatoms. The molecule has 1 unspecified atom stereocenters. The van der Waals surface area contributed by atoms with Crippen molar-refractivity contribution in [3.63, 3.8) is 0 Å². The molecule has 0 aliphatic carbocycles. The first kappa shape index (κ1) is 13.4. The second kappa shape index (κ2) is 6.00. The summed E-state index contributed by atoms with van der Waals surface area (Å²) in [6.07, 6.45) is 0.856. The Morgan fingerprint density at radius 2 is 2.00 bits per heavy atom. The lowest BCUT2D eigenvalue weighted by Gasteiger charge is -2.31. The van der Waals surface area contributed by atoms with Crippen molar-refractivity contribution in [1.29, 1.82) is 5.26 Å². The third-order valence-corrected chi connectivity index (χ3v) is 2.74. The van der Waals surface area contributed by atoms with Gasteiger partial charge in [-0.05, 0) is 26.4 Å². The van der Waals surface area contributed by atoms with Crippen LogP contribution in [-0.4, -0.2) is 37.6 Å². The standard InChI is InChI=1S/C11H23N3/c1-6-11(9-12,10(2)3)13-7-8-14(4)5/h10,13H,6-8H2,1-5H3. The van der Waals surface area contributed by atoms with E-state index in [4.69, 9.17) is 0 Å². The van der Waals surface area contributed by atoms with Crippen LogP contribution >= 0.6 is 0 Å². The van der Waals surface area contributed by atoms with Gasteiger partial charge in [-0.15, -0.1) is 0 Å². The maximum Gasteiger partial charge on any atom is 0.108 e. The first-order valence-electron chi connectivity index (χ1n) is 5.29. The summed E-state index contributed by atoms with van der Waals surface area (Å²) in [6, 6.07) is 2.41. The lowest BCUT2D eigenvalue weighted by Crippen LogP contribution is -2.49. The van der Waals surface area contributed by atoms with Crippen LogP contribution in [0.4, 0.5) is 0 Å². The summed E-state index contributed by atoms with van der Waals surface area (Å²) in [5.41, 5.74) is -0.351. The Hall–Kier alpha value is -0.590. The number of likely N-dealkylation sites (N-methyl/N-ethyl adjacent to an activating group) is 1. The minimum Gasteiger partial charge on any atom is -0.308 e. The van der Waals surface area contributed by atoms with Gasteiger partial charge in [-0.2, -0.15) is 5.26 Å². The summed E-state index contributed by atoms with van der Waals surface area (Å²) in [6.45, 7) is 8.08. The number of nitrogens with one attached hydrogen (secondary N) is 1. The second-order valence-electron chi connectivity index (χ2n) is 4.32. The Morgan fingerprint density at radius 1 is 1.43 bits per heavy atom. The number of nitrogens with zero attached hydrogens (tertiary/aromatic N) is 2. The predicted molar refractivity (Wildman–Crippen MR) is 60.0 cm³/mol.